The largest absolute Gasteiger partial charge is 0.463 e. The van der Waals surface area contributed by atoms with Gasteiger partial charge in [0, 0.05) is 20.7 Å². The summed E-state index contributed by atoms with van der Waals surface area (Å²) in [6.45, 7) is 4.73. The lowest BCUT2D eigenvalue weighted by Crippen LogP contribution is -2.83. The van der Waals surface area contributed by atoms with E-state index in [1.165, 1.54) is 16.2 Å². The zero-order chi connectivity index (χ0) is 17.4. The molecule has 0 bridgehead atoms. The Morgan fingerprint density at radius 2 is 2.24 bits per heavy atom. The number of fused-ring (bicyclic) bond motifs is 1. The first kappa shape index (κ1) is 16.3. The first-order valence-corrected chi connectivity index (χ1v) is 9.75. The topological polar surface area (TPSA) is 75.5 Å². The Balaban J connectivity index is 1.61. The van der Waals surface area contributed by atoms with Gasteiger partial charge in [-0.2, -0.15) is 0 Å². The van der Waals surface area contributed by atoms with E-state index in [4.69, 9.17) is 4.42 Å². The average Bonchev–Trinajstić information content (AvgIpc) is 3.32. The van der Waals surface area contributed by atoms with Gasteiger partial charge in [0.15, 0.2) is 11.6 Å². The molecule has 5 nitrogen and oxygen atoms in total. The van der Waals surface area contributed by atoms with Gasteiger partial charge in [0.1, 0.15) is 17.4 Å². The molecule has 7 heteroatoms. The molecule has 1 atom stereocenters. The van der Waals surface area contributed by atoms with Crippen molar-refractivity contribution in [2.45, 2.75) is 26.4 Å². The highest BCUT2D eigenvalue weighted by molar-refractivity contribution is 7.19. The van der Waals surface area contributed by atoms with Crippen LogP contribution < -0.4 is 10.9 Å². The number of aromatic amines is 1. The van der Waals surface area contributed by atoms with Crippen LogP contribution in [0, 0.1) is 6.92 Å². The van der Waals surface area contributed by atoms with Gasteiger partial charge in [-0.1, -0.05) is 0 Å². The molecule has 0 aliphatic carbocycles. The predicted molar refractivity (Wildman–Crippen MR) is 101 cm³/mol. The summed E-state index contributed by atoms with van der Waals surface area (Å²) in [5.41, 5.74) is 0.910. The third-order valence-electron chi connectivity index (χ3n) is 4.16. The summed E-state index contributed by atoms with van der Waals surface area (Å²) in [5.74, 6) is 1.60. The minimum absolute atomic E-state index is 0.0682. The highest BCUT2D eigenvalue weighted by Gasteiger charge is 2.16. The fourth-order valence-electron chi connectivity index (χ4n) is 2.81. The Morgan fingerprint density at radius 3 is 2.96 bits per heavy atom. The quantitative estimate of drug-likeness (QED) is 0.563. The van der Waals surface area contributed by atoms with Crippen LogP contribution in [0.2, 0.25) is 0 Å². The molecular weight excluding hydrogens is 354 g/mol. The van der Waals surface area contributed by atoms with Gasteiger partial charge in [0.2, 0.25) is 0 Å². The molecular formula is C18H18N3O2S2+. The van der Waals surface area contributed by atoms with E-state index in [0.717, 1.165) is 21.0 Å². The van der Waals surface area contributed by atoms with Gasteiger partial charge in [-0.3, -0.25) is 4.79 Å². The van der Waals surface area contributed by atoms with E-state index in [9.17, 15) is 4.79 Å². The van der Waals surface area contributed by atoms with Crippen molar-refractivity contribution in [3.8, 4) is 10.4 Å². The Kier molecular flexibility index (Phi) is 4.29. The number of rotatable bonds is 5. The van der Waals surface area contributed by atoms with E-state index in [-0.39, 0.29) is 11.6 Å². The number of quaternary nitrogens is 1. The fraction of sp³-hybridized carbons (Fsp3) is 0.222. The van der Waals surface area contributed by atoms with Crippen molar-refractivity contribution in [1.82, 2.24) is 9.97 Å². The van der Waals surface area contributed by atoms with Crippen LogP contribution in [0.1, 0.15) is 29.4 Å². The second-order valence-corrected chi connectivity index (χ2v) is 8.14. The van der Waals surface area contributed by atoms with Crippen molar-refractivity contribution >= 4 is 32.9 Å². The number of H-pyrrole nitrogens is 1. The summed E-state index contributed by atoms with van der Waals surface area (Å²) in [7, 11) is 0. The van der Waals surface area contributed by atoms with E-state index >= 15 is 0 Å². The number of nitrogens with two attached hydrogens (primary N) is 1. The minimum atomic E-state index is -0.0682. The molecule has 0 aliphatic heterocycles. The summed E-state index contributed by atoms with van der Waals surface area (Å²) in [6.07, 6.45) is 1.67. The monoisotopic (exact) mass is 372 g/mol. The van der Waals surface area contributed by atoms with Crippen molar-refractivity contribution in [2.24, 2.45) is 0 Å². The molecule has 4 rings (SSSR count). The molecule has 0 spiro atoms. The van der Waals surface area contributed by atoms with E-state index in [1.54, 1.807) is 17.6 Å². The molecule has 0 fully saturated rings. The molecule has 0 saturated carbocycles. The molecule has 0 radical (unpaired) electrons. The molecule has 0 aromatic carbocycles. The van der Waals surface area contributed by atoms with E-state index in [0.29, 0.717) is 17.8 Å². The van der Waals surface area contributed by atoms with E-state index in [1.807, 2.05) is 17.5 Å². The number of aromatic nitrogens is 2. The first-order valence-electron chi connectivity index (χ1n) is 8.06. The van der Waals surface area contributed by atoms with Crippen LogP contribution in [-0.2, 0) is 6.54 Å². The number of hydrogen-bond donors (Lipinski definition) is 2. The lowest BCUT2D eigenvalue weighted by molar-refractivity contribution is -0.710. The number of nitrogens with one attached hydrogen (secondary N) is 1. The third kappa shape index (κ3) is 3.18. The number of hydrogen-bond acceptors (Lipinski definition) is 5. The van der Waals surface area contributed by atoms with Gasteiger partial charge in [-0.25, -0.2) is 4.98 Å². The predicted octanol–water partition coefficient (Wildman–Crippen LogP) is 3.44. The number of thiophene rings is 2. The first-order chi connectivity index (χ1) is 12.1. The lowest BCUT2D eigenvalue weighted by Gasteiger charge is -2.07. The van der Waals surface area contributed by atoms with E-state index < -0.39 is 0 Å². The average molecular weight is 372 g/mol. The van der Waals surface area contributed by atoms with Crippen LogP contribution in [-0.4, -0.2) is 9.97 Å². The molecule has 0 amide bonds. The molecule has 4 aromatic heterocycles. The van der Waals surface area contributed by atoms with Gasteiger partial charge in [0.25, 0.3) is 5.56 Å². The van der Waals surface area contributed by atoms with Gasteiger partial charge in [-0.15, -0.1) is 22.7 Å². The zero-order valence-electron chi connectivity index (χ0n) is 13.9. The fourth-order valence-corrected chi connectivity index (χ4v) is 4.73. The van der Waals surface area contributed by atoms with Gasteiger partial charge in [0.05, 0.1) is 11.6 Å². The summed E-state index contributed by atoms with van der Waals surface area (Å²) in [6, 6.07) is 8.14. The standard InChI is InChI=1S/C18H17N3O2S2/c1-10-5-6-14(25-10)12-9-24-18-16(12)17(22)20-15(21-18)8-19-11(2)13-4-3-7-23-13/h3-7,9,11,19H,8H2,1-2H3,(H,20,21,22)/p+1/t11-/m0/s1. The molecule has 0 unspecified atom stereocenters. The maximum atomic E-state index is 12.6. The summed E-state index contributed by atoms with van der Waals surface area (Å²) in [4.78, 5) is 23.3. The Labute approximate surface area is 152 Å². The van der Waals surface area contributed by atoms with Gasteiger partial charge < -0.3 is 14.7 Å². The van der Waals surface area contributed by atoms with Crippen molar-refractivity contribution in [3.05, 3.63) is 62.7 Å². The second kappa shape index (κ2) is 6.59. The number of aryl methyl sites for hydroxylation is 1. The molecule has 0 saturated heterocycles. The van der Waals surface area contributed by atoms with Crippen LogP contribution in [0.15, 0.2) is 45.1 Å². The highest BCUT2D eigenvalue weighted by Crippen LogP contribution is 2.34. The molecule has 4 heterocycles. The van der Waals surface area contributed by atoms with E-state index in [2.05, 4.69) is 41.3 Å². The van der Waals surface area contributed by atoms with Gasteiger partial charge >= 0.3 is 0 Å². The normalized spacial score (nSPS) is 12.7. The van der Waals surface area contributed by atoms with Crippen LogP contribution in [0.5, 0.6) is 0 Å². The Bertz CT molecular complexity index is 1060. The molecule has 3 N–H and O–H groups in total. The summed E-state index contributed by atoms with van der Waals surface area (Å²) < 4.78 is 5.41. The molecule has 4 aromatic rings. The van der Waals surface area contributed by atoms with Crippen LogP contribution in [0.3, 0.4) is 0 Å². The summed E-state index contributed by atoms with van der Waals surface area (Å²) in [5, 5.41) is 4.81. The zero-order valence-corrected chi connectivity index (χ0v) is 15.5. The number of furan rings is 1. The maximum Gasteiger partial charge on any atom is 0.260 e. The van der Waals surface area contributed by atoms with Crippen LogP contribution in [0.4, 0.5) is 0 Å². The smallest absolute Gasteiger partial charge is 0.260 e. The van der Waals surface area contributed by atoms with Crippen molar-refractivity contribution in [3.63, 3.8) is 0 Å². The van der Waals surface area contributed by atoms with Crippen molar-refractivity contribution in [1.29, 1.82) is 0 Å². The SMILES string of the molecule is Cc1ccc(-c2csc3nc(C[NH2+][C@@H](C)c4ccco4)[nH]c(=O)c23)s1. The summed E-state index contributed by atoms with van der Waals surface area (Å²) >= 11 is 3.22. The molecule has 25 heavy (non-hydrogen) atoms. The molecule has 128 valence electrons. The highest BCUT2D eigenvalue weighted by atomic mass is 32.1. The lowest BCUT2D eigenvalue weighted by atomic mass is 10.2. The maximum absolute atomic E-state index is 12.6. The second-order valence-electron chi connectivity index (χ2n) is 6.00. The van der Waals surface area contributed by atoms with Crippen LogP contribution in [0.25, 0.3) is 20.7 Å². The Hall–Kier alpha value is -2.22. The minimum Gasteiger partial charge on any atom is -0.463 e. The van der Waals surface area contributed by atoms with Crippen molar-refractivity contribution in [2.75, 3.05) is 0 Å². The third-order valence-corrected chi connectivity index (χ3v) is 6.06. The number of nitrogens with zero attached hydrogens (tertiary/aromatic N) is 1. The molecule has 0 aliphatic rings. The van der Waals surface area contributed by atoms with Crippen LogP contribution >= 0.6 is 22.7 Å². The van der Waals surface area contributed by atoms with Crippen molar-refractivity contribution < 1.29 is 9.73 Å². The Morgan fingerprint density at radius 1 is 1.36 bits per heavy atom. The van der Waals surface area contributed by atoms with Gasteiger partial charge in [-0.05, 0) is 38.1 Å².